The zero-order valence-corrected chi connectivity index (χ0v) is 15.3. The van der Waals surface area contributed by atoms with Crippen molar-refractivity contribution in [2.24, 2.45) is 0 Å². The van der Waals surface area contributed by atoms with Crippen LogP contribution in [0.2, 0.25) is 0 Å². The summed E-state index contributed by atoms with van der Waals surface area (Å²) in [7, 11) is 0. The monoisotopic (exact) mass is 387 g/mol. The Kier molecular flexibility index (Phi) is 6.05. The van der Waals surface area contributed by atoms with Crippen molar-refractivity contribution < 1.29 is 9.53 Å². The summed E-state index contributed by atoms with van der Waals surface area (Å²) >= 11 is 3.37. The lowest BCUT2D eigenvalue weighted by molar-refractivity contribution is 0.0471. The summed E-state index contributed by atoms with van der Waals surface area (Å²) in [4.78, 5) is 14.7. The lowest BCUT2D eigenvalue weighted by atomic mass is 10.1. The third kappa shape index (κ3) is 4.68. The van der Waals surface area contributed by atoms with E-state index in [4.69, 9.17) is 4.74 Å². The van der Waals surface area contributed by atoms with E-state index in [0.717, 1.165) is 29.7 Å². The van der Waals surface area contributed by atoms with Crippen LogP contribution in [0.5, 0.6) is 0 Å². The summed E-state index contributed by atoms with van der Waals surface area (Å²) in [5, 5.41) is 0. The molecule has 0 radical (unpaired) electrons. The number of benzene rings is 2. The van der Waals surface area contributed by atoms with Crippen molar-refractivity contribution in [1.82, 2.24) is 4.90 Å². The molecule has 1 aliphatic rings. The van der Waals surface area contributed by atoms with Gasteiger partial charge in [-0.05, 0) is 61.3 Å². The molecule has 24 heavy (non-hydrogen) atoms. The maximum absolute atomic E-state index is 12.2. The van der Waals surface area contributed by atoms with Crippen LogP contribution >= 0.6 is 15.9 Å². The summed E-state index contributed by atoms with van der Waals surface area (Å²) in [6.45, 7) is 3.57. The topological polar surface area (TPSA) is 29.5 Å². The number of nitrogens with zero attached hydrogens (tertiary/aromatic N) is 1. The number of carbonyl (C=O) groups is 1. The first-order valence-electron chi connectivity index (χ1n) is 8.44. The van der Waals surface area contributed by atoms with Gasteiger partial charge in [-0.15, -0.1) is 0 Å². The fraction of sp³-hybridized carbons (Fsp3) is 0.350. The average molecular weight is 388 g/mol. The van der Waals surface area contributed by atoms with E-state index in [9.17, 15) is 4.79 Å². The van der Waals surface area contributed by atoms with Crippen LogP contribution in [0.4, 0.5) is 0 Å². The predicted molar refractivity (Wildman–Crippen MR) is 98.8 cm³/mol. The highest BCUT2D eigenvalue weighted by Gasteiger charge is 2.13. The van der Waals surface area contributed by atoms with Crippen molar-refractivity contribution >= 4 is 21.9 Å². The van der Waals surface area contributed by atoms with Crippen LogP contribution in [0.25, 0.3) is 0 Å². The molecule has 0 aromatic heterocycles. The van der Waals surface area contributed by atoms with Gasteiger partial charge in [0.15, 0.2) is 0 Å². The van der Waals surface area contributed by atoms with Crippen molar-refractivity contribution in [3.8, 4) is 0 Å². The molecule has 2 aromatic carbocycles. The Bertz CT molecular complexity index is 678. The van der Waals surface area contributed by atoms with Gasteiger partial charge >= 0.3 is 5.97 Å². The van der Waals surface area contributed by atoms with Gasteiger partial charge in [0.05, 0.1) is 5.56 Å². The zero-order chi connectivity index (χ0) is 16.8. The molecule has 1 aliphatic heterocycles. The lowest BCUT2D eigenvalue weighted by Gasteiger charge is -2.27. The van der Waals surface area contributed by atoms with Gasteiger partial charge in [-0.2, -0.15) is 0 Å². The molecule has 0 bridgehead atoms. The summed E-state index contributed by atoms with van der Waals surface area (Å²) in [5.41, 5.74) is 2.92. The zero-order valence-electron chi connectivity index (χ0n) is 13.7. The van der Waals surface area contributed by atoms with E-state index in [0.29, 0.717) is 12.2 Å². The highest BCUT2D eigenvalue weighted by molar-refractivity contribution is 9.10. The van der Waals surface area contributed by atoms with E-state index < -0.39 is 0 Å². The lowest BCUT2D eigenvalue weighted by Crippen LogP contribution is -2.29. The molecule has 0 amide bonds. The van der Waals surface area contributed by atoms with Crippen molar-refractivity contribution in [2.45, 2.75) is 32.4 Å². The molecule has 2 aromatic rings. The fourth-order valence-electron chi connectivity index (χ4n) is 3.02. The Labute approximate surface area is 151 Å². The summed E-state index contributed by atoms with van der Waals surface area (Å²) in [6, 6.07) is 15.5. The molecule has 1 heterocycles. The molecule has 0 atom stereocenters. The minimum absolute atomic E-state index is 0.282. The largest absolute Gasteiger partial charge is 0.457 e. The number of hydrogen-bond acceptors (Lipinski definition) is 3. The van der Waals surface area contributed by atoms with Crippen LogP contribution in [-0.2, 0) is 17.9 Å². The SMILES string of the molecule is O=C(OCc1ccccc1CN1CCCCC1)c1ccc(Br)cc1. The number of hydrogen-bond donors (Lipinski definition) is 0. The first-order valence-corrected chi connectivity index (χ1v) is 9.23. The van der Waals surface area contributed by atoms with E-state index >= 15 is 0 Å². The first-order chi connectivity index (χ1) is 11.7. The third-order valence-corrected chi connectivity index (χ3v) is 4.93. The van der Waals surface area contributed by atoms with E-state index in [1.807, 2.05) is 24.3 Å². The highest BCUT2D eigenvalue weighted by atomic mass is 79.9. The van der Waals surface area contributed by atoms with E-state index in [-0.39, 0.29) is 5.97 Å². The predicted octanol–water partition coefficient (Wildman–Crippen LogP) is 4.79. The Morgan fingerprint density at radius 1 is 0.958 bits per heavy atom. The first kappa shape index (κ1) is 17.2. The standard InChI is InChI=1S/C20H22BrNO2/c21-19-10-8-16(9-11-19)20(23)24-15-18-7-3-2-6-17(18)14-22-12-4-1-5-13-22/h2-3,6-11H,1,4-5,12-15H2. The molecule has 4 heteroatoms. The number of piperidine rings is 1. The Balaban J connectivity index is 1.62. The maximum atomic E-state index is 12.2. The number of carbonyl (C=O) groups excluding carboxylic acids is 1. The van der Waals surface area contributed by atoms with Crippen LogP contribution in [0.3, 0.4) is 0 Å². The molecule has 1 saturated heterocycles. The smallest absolute Gasteiger partial charge is 0.338 e. The third-order valence-electron chi connectivity index (χ3n) is 4.40. The summed E-state index contributed by atoms with van der Waals surface area (Å²) < 4.78 is 6.46. The van der Waals surface area contributed by atoms with Crippen LogP contribution in [-0.4, -0.2) is 24.0 Å². The number of rotatable bonds is 5. The average Bonchev–Trinajstić information content (AvgIpc) is 2.62. The van der Waals surface area contributed by atoms with E-state index in [1.165, 1.54) is 24.8 Å². The van der Waals surface area contributed by atoms with Crippen LogP contribution in [0, 0.1) is 0 Å². The second-order valence-electron chi connectivity index (χ2n) is 6.19. The van der Waals surface area contributed by atoms with Crippen molar-refractivity contribution in [1.29, 1.82) is 0 Å². The fourth-order valence-corrected chi connectivity index (χ4v) is 3.29. The molecule has 0 unspecified atom stereocenters. The van der Waals surface area contributed by atoms with Crippen LogP contribution in [0.1, 0.15) is 40.7 Å². The quantitative estimate of drug-likeness (QED) is 0.690. The minimum atomic E-state index is -0.282. The molecular weight excluding hydrogens is 366 g/mol. The highest BCUT2D eigenvalue weighted by Crippen LogP contribution is 2.18. The molecule has 0 saturated carbocycles. The Morgan fingerprint density at radius 3 is 2.33 bits per heavy atom. The summed E-state index contributed by atoms with van der Waals surface area (Å²) in [6.07, 6.45) is 3.89. The van der Waals surface area contributed by atoms with Gasteiger partial charge in [-0.25, -0.2) is 4.79 Å². The van der Waals surface area contributed by atoms with Crippen molar-refractivity contribution in [2.75, 3.05) is 13.1 Å². The van der Waals surface area contributed by atoms with Crippen LogP contribution in [0.15, 0.2) is 53.0 Å². The molecule has 1 fully saturated rings. The second-order valence-corrected chi connectivity index (χ2v) is 7.10. The molecule has 0 spiro atoms. The molecule has 3 nitrogen and oxygen atoms in total. The number of likely N-dealkylation sites (tertiary alicyclic amines) is 1. The molecule has 3 rings (SSSR count). The number of esters is 1. The normalized spacial score (nSPS) is 15.2. The van der Waals surface area contributed by atoms with E-state index in [2.05, 4.69) is 33.0 Å². The molecular formula is C20H22BrNO2. The molecule has 0 N–H and O–H groups in total. The van der Waals surface area contributed by atoms with Crippen molar-refractivity contribution in [3.63, 3.8) is 0 Å². The van der Waals surface area contributed by atoms with Gasteiger partial charge < -0.3 is 4.74 Å². The Morgan fingerprint density at radius 2 is 1.62 bits per heavy atom. The number of halogens is 1. The summed E-state index contributed by atoms with van der Waals surface area (Å²) in [5.74, 6) is -0.282. The molecule has 126 valence electrons. The molecule has 0 aliphatic carbocycles. The van der Waals surface area contributed by atoms with Crippen LogP contribution < -0.4 is 0 Å². The Hall–Kier alpha value is -1.65. The van der Waals surface area contributed by atoms with Gasteiger partial charge in [-0.3, -0.25) is 4.90 Å². The van der Waals surface area contributed by atoms with Gasteiger partial charge in [0.1, 0.15) is 6.61 Å². The second kappa shape index (κ2) is 8.45. The van der Waals surface area contributed by atoms with Crippen molar-refractivity contribution in [3.05, 3.63) is 69.7 Å². The van der Waals surface area contributed by atoms with Gasteiger partial charge in [0, 0.05) is 11.0 Å². The van der Waals surface area contributed by atoms with Gasteiger partial charge in [0.25, 0.3) is 0 Å². The number of ether oxygens (including phenoxy) is 1. The van der Waals surface area contributed by atoms with Gasteiger partial charge in [-0.1, -0.05) is 46.6 Å². The van der Waals surface area contributed by atoms with Gasteiger partial charge in [0.2, 0.25) is 0 Å². The van der Waals surface area contributed by atoms with E-state index in [1.54, 1.807) is 12.1 Å². The maximum Gasteiger partial charge on any atom is 0.338 e. The minimum Gasteiger partial charge on any atom is -0.457 e.